The number of hydrogen-bond donors (Lipinski definition) is 2. The number of nitriles is 1. The molecular weight excluding hydrogens is 513 g/mol. The number of amides is 2. The molecule has 0 spiro atoms. The van der Waals surface area contributed by atoms with Crippen molar-refractivity contribution in [3.63, 3.8) is 0 Å². The first-order valence-corrected chi connectivity index (χ1v) is 10.7. The van der Waals surface area contributed by atoms with E-state index < -0.39 is 17.6 Å². The van der Waals surface area contributed by atoms with Crippen LogP contribution in [0.2, 0.25) is 5.02 Å². The molecule has 166 valence electrons. The van der Waals surface area contributed by atoms with Crippen LogP contribution in [-0.2, 0) is 9.59 Å². The maximum atomic E-state index is 13.1. The molecule has 9 heteroatoms. The number of benzene rings is 3. The highest BCUT2D eigenvalue weighted by molar-refractivity contribution is 9.10. The van der Waals surface area contributed by atoms with Gasteiger partial charge in [0.2, 0.25) is 0 Å². The van der Waals surface area contributed by atoms with Crippen molar-refractivity contribution in [2.45, 2.75) is 0 Å². The summed E-state index contributed by atoms with van der Waals surface area (Å²) in [6, 6.07) is 18.7. The quantitative estimate of drug-likeness (QED) is 0.299. The van der Waals surface area contributed by atoms with Crippen molar-refractivity contribution in [1.82, 2.24) is 0 Å². The topological polar surface area (TPSA) is 91.2 Å². The maximum absolute atomic E-state index is 13.1. The van der Waals surface area contributed by atoms with Crippen molar-refractivity contribution >= 4 is 56.8 Å². The van der Waals surface area contributed by atoms with E-state index in [-0.39, 0.29) is 17.9 Å². The number of carbonyl (C=O) groups is 2. The fraction of sp³-hybridized carbons (Fsp3) is 0.0417. The molecule has 0 saturated carbocycles. The molecule has 0 aliphatic heterocycles. The highest BCUT2D eigenvalue weighted by Gasteiger charge is 2.13. The minimum absolute atomic E-state index is 0.206. The highest BCUT2D eigenvalue weighted by Crippen LogP contribution is 2.26. The molecule has 0 atom stereocenters. The van der Waals surface area contributed by atoms with Gasteiger partial charge in [0.25, 0.3) is 11.8 Å². The Morgan fingerprint density at radius 2 is 1.82 bits per heavy atom. The second-order valence-corrected chi connectivity index (χ2v) is 7.95. The minimum Gasteiger partial charge on any atom is -0.483 e. The number of anilines is 2. The van der Waals surface area contributed by atoms with E-state index in [9.17, 15) is 19.2 Å². The van der Waals surface area contributed by atoms with E-state index >= 15 is 0 Å². The van der Waals surface area contributed by atoms with Crippen LogP contribution >= 0.6 is 27.5 Å². The summed E-state index contributed by atoms with van der Waals surface area (Å²) in [7, 11) is 0. The van der Waals surface area contributed by atoms with Crippen LogP contribution < -0.4 is 15.4 Å². The van der Waals surface area contributed by atoms with Crippen LogP contribution in [0.1, 0.15) is 5.56 Å². The Morgan fingerprint density at radius 3 is 2.52 bits per heavy atom. The van der Waals surface area contributed by atoms with E-state index in [4.69, 9.17) is 16.3 Å². The van der Waals surface area contributed by atoms with Crippen molar-refractivity contribution in [2.75, 3.05) is 17.2 Å². The van der Waals surface area contributed by atoms with Gasteiger partial charge in [0.15, 0.2) is 6.61 Å². The van der Waals surface area contributed by atoms with E-state index in [1.54, 1.807) is 42.5 Å². The zero-order valence-electron chi connectivity index (χ0n) is 16.9. The van der Waals surface area contributed by atoms with E-state index in [0.717, 1.165) is 0 Å². The lowest BCUT2D eigenvalue weighted by molar-refractivity contribution is -0.118. The Kier molecular flexibility index (Phi) is 8.19. The Balaban J connectivity index is 1.75. The van der Waals surface area contributed by atoms with E-state index in [0.29, 0.717) is 26.4 Å². The van der Waals surface area contributed by atoms with Crippen molar-refractivity contribution in [3.05, 3.63) is 93.2 Å². The molecule has 6 nitrogen and oxygen atoms in total. The third-order valence-electron chi connectivity index (χ3n) is 4.25. The average molecular weight is 529 g/mol. The van der Waals surface area contributed by atoms with Crippen LogP contribution in [0.5, 0.6) is 5.75 Å². The molecule has 0 fully saturated rings. The van der Waals surface area contributed by atoms with Gasteiger partial charge in [-0.3, -0.25) is 9.59 Å². The average Bonchev–Trinajstić information content (AvgIpc) is 2.79. The highest BCUT2D eigenvalue weighted by atomic mass is 79.9. The number of ether oxygens (including phenoxy) is 1. The van der Waals surface area contributed by atoms with Gasteiger partial charge < -0.3 is 15.4 Å². The Morgan fingerprint density at radius 1 is 1.09 bits per heavy atom. The van der Waals surface area contributed by atoms with Crippen molar-refractivity contribution < 1.29 is 18.7 Å². The smallest absolute Gasteiger partial charge is 0.266 e. The van der Waals surface area contributed by atoms with Crippen molar-refractivity contribution in [2.24, 2.45) is 0 Å². The summed E-state index contributed by atoms with van der Waals surface area (Å²) < 4.78 is 19.4. The van der Waals surface area contributed by atoms with Crippen LogP contribution in [0.15, 0.2) is 76.8 Å². The zero-order valence-corrected chi connectivity index (χ0v) is 19.3. The Hall–Kier alpha value is -3.67. The molecule has 0 aliphatic rings. The molecule has 3 aromatic rings. The lowest BCUT2D eigenvalue weighted by Crippen LogP contribution is -2.20. The molecule has 0 heterocycles. The van der Waals surface area contributed by atoms with Crippen LogP contribution in [0, 0.1) is 17.1 Å². The van der Waals surface area contributed by atoms with E-state index in [1.165, 1.54) is 30.3 Å². The third-order valence-corrected chi connectivity index (χ3v) is 5.07. The fourth-order valence-corrected chi connectivity index (χ4v) is 3.25. The summed E-state index contributed by atoms with van der Waals surface area (Å²) in [4.78, 5) is 24.8. The van der Waals surface area contributed by atoms with Gasteiger partial charge >= 0.3 is 0 Å². The molecule has 2 N–H and O–H groups in total. The monoisotopic (exact) mass is 527 g/mol. The molecule has 2 amide bonds. The lowest BCUT2D eigenvalue weighted by atomic mass is 10.1. The summed E-state index contributed by atoms with van der Waals surface area (Å²) >= 11 is 9.38. The van der Waals surface area contributed by atoms with E-state index in [1.807, 2.05) is 6.07 Å². The molecule has 0 unspecified atom stereocenters. The SMILES string of the molecule is N#C/C(=C\c1cc(Br)ccc1OCC(=O)Nc1ccccc1Cl)C(=O)Nc1ccc(F)cc1. The van der Waals surface area contributed by atoms with Gasteiger partial charge in [-0.25, -0.2) is 4.39 Å². The van der Waals surface area contributed by atoms with Crippen LogP contribution in [-0.4, -0.2) is 18.4 Å². The lowest BCUT2D eigenvalue weighted by Gasteiger charge is -2.11. The second-order valence-electron chi connectivity index (χ2n) is 6.63. The summed E-state index contributed by atoms with van der Waals surface area (Å²) in [6.45, 7) is -0.322. The summed E-state index contributed by atoms with van der Waals surface area (Å²) in [5, 5.41) is 15.1. The summed E-state index contributed by atoms with van der Waals surface area (Å²) in [5.74, 6) is -1.27. The first kappa shape index (κ1) is 24.0. The molecule has 0 bridgehead atoms. The van der Waals surface area contributed by atoms with Crippen LogP contribution in [0.3, 0.4) is 0 Å². The maximum Gasteiger partial charge on any atom is 0.266 e. The normalized spacial score (nSPS) is 10.8. The van der Waals surface area contributed by atoms with Gasteiger partial charge in [-0.15, -0.1) is 0 Å². The van der Waals surface area contributed by atoms with Crippen LogP contribution in [0.25, 0.3) is 6.08 Å². The number of nitrogens with zero attached hydrogens (tertiary/aromatic N) is 1. The number of hydrogen-bond acceptors (Lipinski definition) is 4. The first-order valence-electron chi connectivity index (χ1n) is 9.51. The largest absolute Gasteiger partial charge is 0.483 e. The van der Waals surface area contributed by atoms with Gasteiger partial charge in [0.05, 0.1) is 10.7 Å². The third kappa shape index (κ3) is 6.91. The summed E-state index contributed by atoms with van der Waals surface area (Å²) in [5.41, 5.74) is 0.987. The molecule has 0 aromatic heterocycles. The molecular formula is C24H16BrClFN3O3. The number of nitrogens with one attached hydrogen (secondary N) is 2. The summed E-state index contributed by atoms with van der Waals surface area (Å²) in [6.07, 6.45) is 1.34. The Labute approximate surface area is 202 Å². The van der Waals surface area contributed by atoms with Crippen LogP contribution in [0.4, 0.5) is 15.8 Å². The number of rotatable bonds is 7. The van der Waals surface area contributed by atoms with Gasteiger partial charge in [0, 0.05) is 15.7 Å². The molecule has 3 rings (SSSR count). The standard InChI is InChI=1S/C24H16BrClFN3O3/c25-17-5-10-22(33-14-23(31)30-21-4-2-1-3-20(21)26)15(12-17)11-16(13-28)24(32)29-19-8-6-18(27)7-9-19/h1-12H,14H2,(H,29,32)(H,30,31)/b16-11+. The molecule has 0 saturated heterocycles. The first-order chi connectivity index (χ1) is 15.9. The molecule has 3 aromatic carbocycles. The Bertz CT molecular complexity index is 1260. The van der Waals surface area contributed by atoms with Gasteiger partial charge in [-0.1, -0.05) is 39.7 Å². The van der Waals surface area contributed by atoms with Gasteiger partial charge in [-0.2, -0.15) is 5.26 Å². The molecule has 33 heavy (non-hydrogen) atoms. The van der Waals surface area contributed by atoms with Crippen molar-refractivity contribution in [3.8, 4) is 11.8 Å². The zero-order chi connectivity index (χ0) is 23.8. The van der Waals surface area contributed by atoms with Crippen molar-refractivity contribution in [1.29, 1.82) is 5.26 Å². The second kappa shape index (κ2) is 11.3. The number of para-hydroxylation sites is 1. The molecule has 0 aliphatic carbocycles. The number of halogens is 3. The minimum atomic E-state index is -0.675. The number of carbonyl (C=O) groups excluding carboxylic acids is 2. The van der Waals surface area contributed by atoms with Gasteiger partial charge in [-0.05, 0) is 60.7 Å². The predicted molar refractivity (Wildman–Crippen MR) is 128 cm³/mol. The molecule has 0 radical (unpaired) electrons. The van der Waals surface area contributed by atoms with Gasteiger partial charge in [0.1, 0.15) is 23.2 Å². The predicted octanol–water partition coefficient (Wildman–Crippen LogP) is 5.80. The fourth-order valence-electron chi connectivity index (χ4n) is 2.69. The van der Waals surface area contributed by atoms with E-state index in [2.05, 4.69) is 26.6 Å².